The van der Waals surface area contributed by atoms with Gasteiger partial charge in [0.25, 0.3) is 0 Å². The fourth-order valence-electron chi connectivity index (χ4n) is 5.03. The molecule has 1 aliphatic heterocycles. The van der Waals surface area contributed by atoms with E-state index in [1.165, 1.54) is 12.1 Å². The summed E-state index contributed by atoms with van der Waals surface area (Å²) in [5.74, 6) is 1.21. The molecule has 42 heavy (non-hydrogen) atoms. The van der Waals surface area contributed by atoms with Gasteiger partial charge in [0, 0.05) is 67.7 Å². The van der Waals surface area contributed by atoms with E-state index in [0.717, 1.165) is 59.8 Å². The van der Waals surface area contributed by atoms with Gasteiger partial charge in [0.05, 0.1) is 23.9 Å². The first-order chi connectivity index (χ1) is 19.7. The highest BCUT2D eigenvalue weighted by Crippen LogP contribution is 2.29. The van der Waals surface area contributed by atoms with Gasteiger partial charge in [-0.1, -0.05) is 19.6 Å². The highest BCUT2D eigenvalue weighted by Gasteiger charge is 2.27. The molecular weight excluding hydrogens is 535 g/mol. The number of halogens is 1. The van der Waals surface area contributed by atoms with Crippen LogP contribution in [0.15, 0.2) is 67.6 Å². The third-order valence-electron chi connectivity index (χ3n) is 7.85. The lowest BCUT2D eigenvalue weighted by Gasteiger charge is -2.35. The molecule has 12 heteroatoms. The lowest BCUT2D eigenvalue weighted by Crippen LogP contribution is -2.47. The lowest BCUT2D eigenvalue weighted by atomic mass is 9.87. The Balaban J connectivity index is 0.00000353. The predicted octanol–water partition coefficient (Wildman–Crippen LogP) is 3.43. The van der Waals surface area contributed by atoms with Crippen molar-refractivity contribution >= 4 is 17.3 Å². The van der Waals surface area contributed by atoms with Gasteiger partial charge >= 0.3 is 0 Å². The highest BCUT2D eigenvalue weighted by atomic mass is 19.1. The molecule has 220 valence electrons. The molecule has 0 saturated carbocycles. The molecule has 5 heterocycles. The second-order valence-electron chi connectivity index (χ2n) is 11.2. The van der Waals surface area contributed by atoms with Gasteiger partial charge in [-0.2, -0.15) is 10.2 Å². The molecule has 5 aromatic rings. The molecule has 4 aromatic heterocycles. The van der Waals surface area contributed by atoms with Crippen molar-refractivity contribution in [1.82, 2.24) is 34.3 Å². The van der Waals surface area contributed by atoms with Crippen LogP contribution in [0, 0.1) is 5.82 Å². The molecule has 11 nitrogen and oxygen atoms in total. The maximum Gasteiger partial charge on any atom is 0.225 e. The average Bonchev–Trinajstić information content (AvgIpc) is 3.66. The molecule has 0 unspecified atom stereocenters. The van der Waals surface area contributed by atoms with Gasteiger partial charge in [-0.15, -0.1) is 0 Å². The van der Waals surface area contributed by atoms with Crippen LogP contribution in [0.2, 0.25) is 0 Å². The summed E-state index contributed by atoms with van der Waals surface area (Å²) in [6.07, 6.45) is 10.8. The fourth-order valence-corrected chi connectivity index (χ4v) is 5.03. The van der Waals surface area contributed by atoms with Crippen LogP contribution in [-0.4, -0.2) is 72.2 Å². The molecule has 6 rings (SSSR count). The van der Waals surface area contributed by atoms with Gasteiger partial charge in [-0.25, -0.2) is 23.9 Å². The van der Waals surface area contributed by atoms with E-state index < -0.39 is 11.1 Å². The molecule has 1 fully saturated rings. The molecule has 0 radical (unpaired) electrons. The van der Waals surface area contributed by atoms with Crippen LogP contribution < -0.4 is 15.5 Å². The van der Waals surface area contributed by atoms with E-state index in [9.17, 15) is 9.50 Å². The van der Waals surface area contributed by atoms with Gasteiger partial charge in [0.15, 0.2) is 5.82 Å². The standard InChI is InChI=1S/C29H33FN10O.CH4/c1-28(2,18-41)40-17-21(13-35-40)20-12-25-26(34-19-36-39(25)16-20)37-8-10-38(11-9-37)27-32-14-23(15-33-27)29(3,31)22-4-6-24(30)7-5-22;/h4-7,12-17,19,41H,8-11,18,31H2,1-3H3;1H4/t29-;/m0./s1. The normalized spacial score (nSPS) is 15.5. The van der Waals surface area contributed by atoms with Crippen LogP contribution in [0.1, 0.15) is 39.3 Å². The Labute approximate surface area is 244 Å². The maximum absolute atomic E-state index is 13.4. The first kappa shape index (κ1) is 29.1. The number of rotatable bonds is 7. The summed E-state index contributed by atoms with van der Waals surface area (Å²) >= 11 is 0. The molecule has 3 N–H and O–H groups in total. The highest BCUT2D eigenvalue weighted by molar-refractivity contribution is 5.77. The maximum atomic E-state index is 13.4. The first-order valence-electron chi connectivity index (χ1n) is 13.5. The van der Waals surface area contributed by atoms with Gasteiger partial charge in [-0.05, 0) is 44.5 Å². The molecule has 0 spiro atoms. The van der Waals surface area contributed by atoms with E-state index >= 15 is 0 Å². The molecule has 1 aromatic carbocycles. The molecule has 1 aliphatic rings. The third-order valence-corrected chi connectivity index (χ3v) is 7.85. The summed E-state index contributed by atoms with van der Waals surface area (Å²) in [7, 11) is 0. The Hall–Kier alpha value is -4.42. The quantitative estimate of drug-likeness (QED) is 0.302. The van der Waals surface area contributed by atoms with Crippen LogP contribution in [0.25, 0.3) is 16.6 Å². The molecule has 0 bridgehead atoms. The fraction of sp³-hybridized carbons (Fsp3) is 0.367. The Morgan fingerprint density at radius 3 is 2.19 bits per heavy atom. The topological polar surface area (TPSA) is 127 Å². The molecule has 0 aliphatic carbocycles. The zero-order valence-electron chi connectivity index (χ0n) is 23.3. The number of benzene rings is 1. The van der Waals surface area contributed by atoms with Gasteiger partial charge in [0.2, 0.25) is 5.95 Å². The predicted molar refractivity (Wildman–Crippen MR) is 161 cm³/mol. The number of piperazine rings is 1. The van der Waals surface area contributed by atoms with Gasteiger partial charge in [0.1, 0.15) is 17.7 Å². The SMILES string of the molecule is C.CC(C)(CO)n1cc(-c2cc3c(N4CCN(c5ncc([C@@](C)(N)c6ccc(F)cc6)cn5)CC4)ncnn3c2)cn1. The number of hydrogen-bond donors (Lipinski definition) is 2. The second kappa shape index (κ2) is 11.1. The van der Waals surface area contributed by atoms with Crippen molar-refractivity contribution in [1.29, 1.82) is 0 Å². The number of anilines is 2. The van der Waals surface area contributed by atoms with Gasteiger partial charge < -0.3 is 20.6 Å². The van der Waals surface area contributed by atoms with Crippen LogP contribution in [-0.2, 0) is 11.1 Å². The van der Waals surface area contributed by atoms with E-state index in [-0.39, 0.29) is 19.9 Å². The number of aromatic nitrogens is 7. The first-order valence-corrected chi connectivity index (χ1v) is 13.5. The lowest BCUT2D eigenvalue weighted by molar-refractivity contribution is 0.152. The smallest absolute Gasteiger partial charge is 0.225 e. The Morgan fingerprint density at radius 1 is 0.857 bits per heavy atom. The Morgan fingerprint density at radius 2 is 1.52 bits per heavy atom. The van der Waals surface area contributed by atoms with E-state index in [1.54, 1.807) is 41.7 Å². The van der Waals surface area contributed by atoms with E-state index in [2.05, 4.69) is 41.0 Å². The Kier molecular flexibility index (Phi) is 7.69. The van der Waals surface area contributed by atoms with Crippen LogP contribution in [0.4, 0.5) is 16.2 Å². The number of fused-ring (bicyclic) bond motifs is 1. The summed E-state index contributed by atoms with van der Waals surface area (Å²) in [5, 5.41) is 18.6. The summed E-state index contributed by atoms with van der Waals surface area (Å²) in [6.45, 7) is 8.67. The number of hydrogen-bond acceptors (Lipinski definition) is 9. The van der Waals surface area contributed by atoms with Crippen molar-refractivity contribution in [2.45, 2.75) is 39.3 Å². The van der Waals surface area contributed by atoms with E-state index in [1.807, 2.05) is 37.7 Å². The number of nitrogens with zero attached hydrogens (tertiary/aromatic N) is 9. The summed E-state index contributed by atoms with van der Waals surface area (Å²) in [6, 6.07) is 8.25. The minimum Gasteiger partial charge on any atom is -0.394 e. The monoisotopic (exact) mass is 572 g/mol. The van der Waals surface area contributed by atoms with E-state index in [4.69, 9.17) is 5.73 Å². The molecular formula is C30H37FN10O. The molecule has 1 atom stereocenters. The van der Waals surface area contributed by atoms with Crippen molar-refractivity contribution in [2.24, 2.45) is 5.73 Å². The number of aliphatic hydroxyl groups excluding tert-OH is 1. The number of aliphatic hydroxyl groups is 1. The van der Waals surface area contributed by atoms with Crippen molar-refractivity contribution in [3.05, 3.63) is 84.6 Å². The minimum absolute atomic E-state index is 0. The zero-order valence-corrected chi connectivity index (χ0v) is 23.3. The summed E-state index contributed by atoms with van der Waals surface area (Å²) in [5.41, 5.74) is 9.63. The second-order valence-corrected chi connectivity index (χ2v) is 11.2. The van der Waals surface area contributed by atoms with Crippen LogP contribution in [0.5, 0.6) is 0 Å². The van der Waals surface area contributed by atoms with Crippen molar-refractivity contribution in [2.75, 3.05) is 42.6 Å². The summed E-state index contributed by atoms with van der Waals surface area (Å²) in [4.78, 5) is 18.2. The van der Waals surface area contributed by atoms with Crippen LogP contribution >= 0.6 is 0 Å². The molecule has 0 amide bonds. The van der Waals surface area contributed by atoms with Gasteiger partial charge in [-0.3, -0.25) is 4.68 Å². The zero-order chi connectivity index (χ0) is 28.8. The van der Waals surface area contributed by atoms with Crippen LogP contribution in [0.3, 0.4) is 0 Å². The number of nitrogens with two attached hydrogens (primary N) is 1. The summed E-state index contributed by atoms with van der Waals surface area (Å²) < 4.78 is 17.0. The van der Waals surface area contributed by atoms with Crippen molar-refractivity contribution in [3.8, 4) is 11.1 Å². The van der Waals surface area contributed by atoms with Crippen molar-refractivity contribution < 1.29 is 9.50 Å². The Bertz CT molecular complexity index is 1650. The average molecular weight is 573 g/mol. The minimum atomic E-state index is -0.840. The molecule has 1 saturated heterocycles. The largest absolute Gasteiger partial charge is 0.394 e. The van der Waals surface area contributed by atoms with Crippen molar-refractivity contribution in [3.63, 3.8) is 0 Å². The van der Waals surface area contributed by atoms with E-state index in [0.29, 0.717) is 5.95 Å². The third kappa shape index (κ3) is 5.30.